The SMILES string of the molecule is Cc1ccccc1-c1nc(N2CCCC(C3OC(C)O3)C2)nc2c1C(=O)N(Cc1cc(C(F)(F)F)cc(C(F)(F)F)c1)CCCO2. The first-order chi connectivity index (χ1) is 21.8. The minimum atomic E-state index is -5.01. The molecule has 3 aliphatic heterocycles. The number of fused-ring (bicyclic) bond motifs is 1. The summed E-state index contributed by atoms with van der Waals surface area (Å²) in [6.45, 7) is 4.50. The molecule has 3 aliphatic rings. The maximum Gasteiger partial charge on any atom is 0.416 e. The van der Waals surface area contributed by atoms with Crippen LogP contribution in [0.4, 0.5) is 32.3 Å². The van der Waals surface area contributed by atoms with Gasteiger partial charge in [-0.05, 0) is 62.4 Å². The largest absolute Gasteiger partial charge is 0.477 e. The molecule has 2 saturated heterocycles. The first kappa shape index (κ1) is 32.0. The van der Waals surface area contributed by atoms with E-state index in [2.05, 4.69) is 4.98 Å². The van der Waals surface area contributed by atoms with Crippen molar-refractivity contribution in [3.8, 4) is 17.1 Å². The summed E-state index contributed by atoms with van der Waals surface area (Å²) >= 11 is 0. The van der Waals surface area contributed by atoms with Crippen LogP contribution in [0.2, 0.25) is 0 Å². The van der Waals surface area contributed by atoms with Gasteiger partial charge in [0.15, 0.2) is 12.6 Å². The topological polar surface area (TPSA) is 77.0 Å². The Hall–Kier alpha value is -3.91. The number of ether oxygens (including phenoxy) is 3. The van der Waals surface area contributed by atoms with E-state index in [9.17, 15) is 31.1 Å². The molecule has 0 radical (unpaired) electrons. The number of nitrogens with zero attached hydrogens (tertiary/aromatic N) is 4. The highest BCUT2D eigenvalue weighted by Crippen LogP contribution is 2.39. The summed E-state index contributed by atoms with van der Waals surface area (Å²) in [6, 6.07) is 8.61. The van der Waals surface area contributed by atoms with Crippen LogP contribution in [0.3, 0.4) is 0 Å². The lowest BCUT2D eigenvalue weighted by molar-refractivity contribution is -0.392. The Morgan fingerprint density at radius 3 is 2.28 bits per heavy atom. The lowest BCUT2D eigenvalue weighted by Crippen LogP contribution is -2.50. The zero-order valence-corrected chi connectivity index (χ0v) is 25.1. The van der Waals surface area contributed by atoms with Gasteiger partial charge >= 0.3 is 12.4 Å². The van der Waals surface area contributed by atoms with Gasteiger partial charge in [0.2, 0.25) is 11.8 Å². The van der Waals surface area contributed by atoms with E-state index < -0.39 is 35.9 Å². The van der Waals surface area contributed by atoms with Gasteiger partial charge in [-0.2, -0.15) is 31.3 Å². The minimum absolute atomic E-state index is 0.00451. The third-order valence-corrected chi connectivity index (χ3v) is 8.37. The Bertz CT molecular complexity index is 1580. The van der Waals surface area contributed by atoms with Crippen LogP contribution in [0.5, 0.6) is 5.88 Å². The summed E-state index contributed by atoms with van der Waals surface area (Å²) in [7, 11) is 0. The third kappa shape index (κ3) is 6.63. The second kappa shape index (κ2) is 12.4. The van der Waals surface area contributed by atoms with Gasteiger partial charge in [0.05, 0.1) is 23.4 Å². The van der Waals surface area contributed by atoms with E-state index in [1.165, 1.54) is 4.90 Å². The van der Waals surface area contributed by atoms with Crippen molar-refractivity contribution in [3.63, 3.8) is 0 Å². The van der Waals surface area contributed by atoms with E-state index in [1.54, 1.807) is 12.1 Å². The molecule has 0 saturated carbocycles. The molecule has 246 valence electrons. The van der Waals surface area contributed by atoms with Crippen molar-refractivity contribution < 1.29 is 45.3 Å². The summed E-state index contributed by atoms with van der Waals surface area (Å²) in [5.41, 5.74) is -1.52. The van der Waals surface area contributed by atoms with Crippen molar-refractivity contribution in [1.29, 1.82) is 0 Å². The van der Waals surface area contributed by atoms with Crippen LogP contribution >= 0.6 is 0 Å². The third-order valence-electron chi connectivity index (χ3n) is 8.37. The van der Waals surface area contributed by atoms with Crippen LogP contribution < -0.4 is 9.64 Å². The first-order valence-corrected chi connectivity index (χ1v) is 15.0. The fourth-order valence-corrected chi connectivity index (χ4v) is 6.09. The number of aromatic nitrogens is 2. The summed E-state index contributed by atoms with van der Waals surface area (Å²) in [5.74, 6) is -0.247. The van der Waals surface area contributed by atoms with Crippen LogP contribution in [-0.2, 0) is 28.4 Å². The van der Waals surface area contributed by atoms with E-state index in [4.69, 9.17) is 19.2 Å². The van der Waals surface area contributed by atoms with E-state index in [0.29, 0.717) is 36.7 Å². The van der Waals surface area contributed by atoms with E-state index >= 15 is 0 Å². The number of hydrogen-bond acceptors (Lipinski definition) is 7. The maximum absolute atomic E-state index is 14.2. The predicted molar refractivity (Wildman–Crippen MR) is 154 cm³/mol. The smallest absolute Gasteiger partial charge is 0.416 e. The highest BCUT2D eigenvalue weighted by Gasteiger charge is 2.40. The molecule has 1 amide bonds. The Labute approximate surface area is 261 Å². The molecule has 1 unspecified atom stereocenters. The number of hydrogen-bond donors (Lipinski definition) is 0. The second-order valence-electron chi connectivity index (χ2n) is 11.8. The molecule has 2 aromatic carbocycles. The number of aryl methyl sites for hydroxylation is 1. The van der Waals surface area contributed by atoms with Gasteiger partial charge in [-0.3, -0.25) is 4.79 Å². The Balaban J connectivity index is 1.40. The van der Waals surface area contributed by atoms with Crippen molar-refractivity contribution in [2.45, 2.75) is 64.6 Å². The zero-order valence-electron chi connectivity index (χ0n) is 25.1. The average Bonchev–Trinajstić information content (AvgIpc) is 2.99. The van der Waals surface area contributed by atoms with Crippen molar-refractivity contribution in [3.05, 3.63) is 70.3 Å². The standard InChI is InChI=1S/C32H32F6N4O4/c1-18-7-3-4-9-24(18)26-25-27(40-30(39-26)42-10-5-8-21(17-42)29-45-19(2)46-29)44-12-6-11-41(28(25)43)16-20-13-22(31(33,34)35)15-23(14-20)32(36,37)38/h3-4,7,9,13-15,19,21,29H,5-6,8,10-12,16-17H2,1-2H3. The van der Waals surface area contributed by atoms with Crippen molar-refractivity contribution in [2.24, 2.45) is 5.92 Å². The molecule has 1 aromatic heterocycles. The molecule has 0 N–H and O–H groups in total. The molecule has 0 bridgehead atoms. The zero-order chi connectivity index (χ0) is 32.8. The van der Waals surface area contributed by atoms with Crippen LogP contribution in [0.15, 0.2) is 42.5 Å². The number of rotatable bonds is 5. The molecule has 2 fully saturated rings. The molecule has 3 aromatic rings. The molecule has 0 aliphatic carbocycles. The Kier molecular flexibility index (Phi) is 8.61. The van der Waals surface area contributed by atoms with Crippen LogP contribution in [0.25, 0.3) is 11.3 Å². The number of halogens is 6. The van der Waals surface area contributed by atoms with Crippen molar-refractivity contribution in [1.82, 2.24) is 14.9 Å². The minimum Gasteiger partial charge on any atom is -0.477 e. The Morgan fingerprint density at radius 1 is 0.935 bits per heavy atom. The highest BCUT2D eigenvalue weighted by molar-refractivity contribution is 6.02. The number of carbonyl (C=O) groups is 1. The number of piperidine rings is 1. The summed E-state index contributed by atoms with van der Waals surface area (Å²) in [4.78, 5) is 27.0. The van der Waals surface area contributed by atoms with E-state index in [1.807, 2.05) is 30.9 Å². The summed E-state index contributed by atoms with van der Waals surface area (Å²) in [6.07, 6.45) is -8.64. The molecule has 4 heterocycles. The van der Waals surface area contributed by atoms with Crippen molar-refractivity contribution >= 4 is 11.9 Å². The van der Waals surface area contributed by atoms with Crippen molar-refractivity contribution in [2.75, 3.05) is 31.1 Å². The lowest BCUT2D eigenvalue weighted by Gasteiger charge is -2.43. The number of amides is 1. The number of anilines is 1. The molecular formula is C32H32F6N4O4. The first-order valence-electron chi connectivity index (χ1n) is 15.0. The Morgan fingerprint density at radius 2 is 1.63 bits per heavy atom. The number of benzene rings is 2. The van der Waals surface area contributed by atoms with Gasteiger partial charge in [0, 0.05) is 37.7 Å². The lowest BCUT2D eigenvalue weighted by atomic mass is 9.96. The monoisotopic (exact) mass is 650 g/mol. The van der Waals surface area contributed by atoms with Gasteiger partial charge in [-0.1, -0.05) is 24.3 Å². The molecule has 1 atom stereocenters. The molecular weight excluding hydrogens is 618 g/mol. The van der Waals surface area contributed by atoms with Gasteiger partial charge in [0.25, 0.3) is 5.91 Å². The van der Waals surface area contributed by atoms with Gasteiger partial charge < -0.3 is 24.0 Å². The summed E-state index contributed by atoms with van der Waals surface area (Å²) < 4.78 is 99.0. The molecule has 14 heteroatoms. The van der Waals surface area contributed by atoms with Crippen LogP contribution in [0.1, 0.15) is 58.8 Å². The quantitative estimate of drug-likeness (QED) is 0.280. The van der Waals surface area contributed by atoms with Gasteiger partial charge in [0.1, 0.15) is 5.56 Å². The van der Waals surface area contributed by atoms with E-state index in [-0.39, 0.29) is 66.8 Å². The fourth-order valence-electron chi connectivity index (χ4n) is 6.09. The van der Waals surface area contributed by atoms with E-state index in [0.717, 1.165) is 18.4 Å². The average molecular weight is 651 g/mol. The summed E-state index contributed by atoms with van der Waals surface area (Å²) in [5, 5.41) is 0. The molecule has 6 rings (SSSR count). The van der Waals surface area contributed by atoms with Gasteiger partial charge in [-0.25, -0.2) is 4.98 Å². The normalized spacial score (nSPS) is 22.4. The van der Waals surface area contributed by atoms with Crippen LogP contribution in [-0.4, -0.2) is 59.6 Å². The fraction of sp³-hybridized carbons (Fsp3) is 0.469. The number of alkyl halides is 6. The van der Waals surface area contributed by atoms with Gasteiger partial charge in [-0.15, -0.1) is 0 Å². The molecule has 8 nitrogen and oxygen atoms in total. The number of carbonyl (C=O) groups excluding carboxylic acids is 1. The molecule has 0 spiro atoms. The van der Waals surface area contributed by atoms with Crippen LogP contribution in [0, 0.1) is 12.8 Å². The second-order valence-corrected chi connectivity index (χ2v) is 11.8. The molecule has 46 heavy (non-hydrogen) atoms. The predicted octanol–water partition coefficient (Wildman–Crippen LogP) is 6.85. The highest BCUT2D eigenvalue weighted by atomic mass is 19.4. The maximum atomic E-state index is 14.2.